The molecule has 3 atom stereocenters. The van der Waals surface area contributed by atoms with E-state index in [0.29, 0.717) is 57.4 Å². The van der Waals surface area contributed by atoms with E-state index < -0.39 is 47.6 Å². The first kappa shape index (κ1) is 50.4. The number of rotatable bonds is 20. The SMILES string of the molecule is CCNc1cc(OCc2cc(COc3cc4c(cc3OC)C(=O)N3c5ccccc5C[C@H]3C=N4)cc(C(=O)N[C@@H](C)C(=O)N[C@@H](C)C(=O)NCCC(=O)ON3C(=O)CCC3=O)c2)c(OC)cc1C(=O)NC. The quantitative estimate of drug-likeness (QED) is 0.0792. The molecule has 0 spiro atoms. The zero-order valence-corrected chi connectivity index (χ0v) is 40.0. The van der Waals surface area contributed by atoms with Gasteiger partial charge in [0.05, 0.1) is 49.2 Å². The Morgan fingerprint density at radius 3 is 2.08 bits per heavy atom. The Kier molecular flexibility index (Phi) is 15.8. The van der Waals surface area contributed by atoms with E-state index in [9.17, 15) is 38.4 Å². The highest BCUT2D eigenvalue weighted by Crippen LogP contribution is 2.41. The van der Waals surface area contributed by atoms with Crippen molar-refractivity contribution in [3.8, 4) is 23.0 Å². The summed E-state index contributed by atoms with van der Waals surface area (Å²) in [4.78, 5) is 114. The van der Waals surface area contributed by atoms with Gasteiger partial charge in [0.1, 0.15) is 25.3 Å². The van der Waals surface area contributed by atoms with Gasteiger partial charge in [0, 0.05) is 69.0 Å². The van der Waals surface area contributed by atoms with Crippen molar-refractivity contribution in [2.24, 2.45) is 4.99 Å². The number of ether oxygens (including phenoxy) is 4. The fraction of sp³-hybridized carbons (Fsp3) is 0.340. The molecule has 0 aliphatic carbocycles. The number of imide groups is 1. The average Bonchev–Trinajstić information content (AvgIpc) is 3.86. The lowest BCUT2D eigenvalue weighted by atomic mass is 10.0. The smallest absolute Gasteiger partial charge is 0.334 e. The van der Waals surface area contributed by atoms with E-state index in [1.165, 1.54) is 35.1 Å². The molecule has 3 aliphatic heterocycles. The van der Waals surface area contributed by atoms with Gasteiger partial charge in [-0.15, -0.1) is 5.06 Å². The molecule has 7 amide bonds. The zero-order valence-electron chi connectivity index (χ0n) is 40.0. The van der Waals surface area contributed by atoms with E-state index >= 15 is 0 Å². The topological polar surface area (TPSA) is 262 Å². The number of fused-ring (bicyclic) bond motifs is 4. The Labute approximate surface area is 408 Å². The highest BCUT2D eigenvalue weighted by Gasteiger charge is 2.37. The molecule has 372 valence electrons. The number of nitrogens with zero attached hydrogens (tertiary/aromatic N) is 3. The van der Waals surface area contributed by atoms with Crippen LogP contribution in [0.5, 0.6) is 23.0 Å². The molecule has 3 heterocycles. The predicted octanol–water partition coefficient (Wildman–Crippen LogP) is 3.68. The third kappa shape index (κ3) is 11.5. The molecule has 21 heteroatoms. The fourth-order valence-corrected chi connectivity index (χ4v) is 8.06. The number of hydrogen-bond acceptors (Lipinski definition) is 15. The lowest BCUT2D eigenvalue weighted by Gasteiger charge is -2.22. The molecule has 4 aromatic rings. The van der Waals surface area contributed by atoms with E-state index in [0.717, 1.165) is 11.3 Å². The molecule has 7 rings (SSSR count). The summed E-state index contributed by atoms with van der Waals surface area (Å²) in [5.41, 5.74) is 4.58. The summed E-state index contributed by atoms with van der Waals surface area (Å²) in [6.45, 7) is 4.83. The monoisotopic (exact) mass is 974 g/mol. The van der Waals surface area contributed by atoms with Crippen molar-refractivity contribution in [3.63, 3.8) is 0 Å². The van der Waals surface area contributed by atoms with Crippen LogP contribution in [0.15, 0.2) is 71.7 Å². The molecule has 0 saturated carbocycles. The minimum atomic E-state index is -1.15. The van der Waals surface area contributed by atoms with Crippen LogP contribution in [0.4, 0.5) is 17.1 Å². The van der Waals surface area contributed by atoms with Gasteiger partial charge in [-0.05, 0) is 73.9 Å². The van der Waals surface area contributed by atoms with Crippen LogP contribution in [0.25, 0.3) is 0 Å². The number of para-hydroxylation sites is 1. The maximum Gasteiger partial charge on any atom is 0.334 e. The second-order valence-corrected chi connectivity index (χ2v) is 16.7. The van der Waals surface area contributed by atoms with Crippen LogP contribution < -0.4 is 50.4 Å². The van der Waals surface area contributed by atoms with E-state index in [1.807, 2.05) is 31.2 Å². The Morgan fingerprint density at radius 2 is 1.42 bits per heavy atom. The molecule has 5 N–H and O–H groups in total. The summed E-state index contributed by atoms with van der Waals surface area (Å²) in [5, 5.41) is 13.9. The molecular weight excluding hydrogens is 921 g/mol. The molecule has 21 nitrogen and oxygen atoms in total. The first-order chi connectivity index (χ1) is 34.1. The third-order valence-electron chi connectivity index (χ3n) is 11.7. The molecule has 3 aliphatic rings. The first-order valence-corrected chi connectivity index (χ1v) is 22.8. The average molecular weight is 975 g/mol. The minimum absolute atomic E-state index is 0.0617. The van der Waals surface area contributed by atoms with Crippen molar-refractivity contribution in [2.45, 2.75) is 77.8 Å². The largest absolute Gasteiger partial charge is 0.493 e. The number of carbonyl (C=O) groups is 8. The normalized spacial score (nSPS) is 15.3. The van der Waals surface area contributed by atoms with Gasteiger partial charge in [-0.3, -0.25) is 43.5 Å². The summed E-state index contributed by atoms with van der Waals surface area (Å²) in [6.07, 6.45) is 1.90. The number of carbonyl (C=O) groups excluding carboxylic acids is 8. The summed E-state index contributed by atoms with van der Waals surface area (Å²) in [7, 11) is 4.42. The second-order valence-electron chi connectivity index (χ2n) is 16.7. The molecule has 1 saturated heterocycles. The lowest BCUT2D eigenvalue weighted by Crippen LogP contribution is -2.51. The van der Waals surface area contributed by atoms with Crippen LogP contribution in [-0.2, 0) is 48.4 Å². The predicted molar refractivity (Wildman–Crippen MR) is 257 cm³/mol. The molecule has 0 aromatic heterocycles. The number of hydrogen-bond donors (Lipinski definition) is 5. The molecule has 4 aromatic carbocycles. The molecule has 71 heavy (non-hydrogen) atoms. The van der Waals surface area contributed by atoms with Crippen LogP contribution in [0.3, 0.4) is 0 Å². The minimum Gasteiger partial charge on any atom is -0.493 e. The Bertz CT molecular complexity index is 2800. The van der Waals surface area contributed by atoms with Gasteiger partial charge in [-0.1, -0.05) is 18.2 Å². The number of hydroxylamine groups is 2. The van der Waals surface area contributed by atoms with Gasteiger partial charge < -0.3 is 50.4 Å². The lowest BCUT2D eigenvalue weighted by molar-refractivity contribution is -0.197. The van der Waals surface area contributed by atoms with E-state index in [1.54, 1.807) is 53.6 Å². The maximum atomic E-state index is 14.0. The van der Waals surface area contributed by atoms with Crippen LogP contribution in [-0.4, -0.2) is 111 Å². The number of amides is 7. The number of anilines is 2. The standard InChI is InChI=1S/C50H54N8O13/c1-7-52-36-22-41(39(67-5)20-34(36)49(65)51-4)69-25-29-16-30(26-70-42-23-37-35(21-40(42)68-6)50(66)57-33(24-54-37)19-31-10-8-9-11-38(31)57)18-32(17-29)48(64)56-28(3)47(63)55-27(2)46(62)53-15-14-45(61)71-58-43(59)12-13-44(58)60/h8-11,16-18,20-24,27-28,33,52H,7,12-15,19,25-26H2,1-6H3,(H,51,65)(H,53,62)(H,55,63)(H,56,64)/t27-,28-,33-/m0/s1. The van der Waals surface area contributed by atoms with Crippen molar-refractivity contribution in [3.05, 3.63) is 100 Å². The molecule has 0 radical (unpaired) electrons. The zero-order chi connectivity index (χ0) is 50.9. The van der Waals surface area contributed by atoms with Crippen molar-refractivity contribution < 1.29 is 62.1 Å². The number of aliphatic imine (C=N–C) groups is 1. The fourth-order valence-electron chi connectivity index (χ4n) is 8.06. The van der Waals surface area contributed by atoms with E-state index in [4.69, 9.17) is 28.8 Å². The van der Waals surface area contributed by atoms with Gasteiger partial charge >= 0.3 is 5.97 Å². The Hall–Kier alpha value is -8.49. The van der Waals surface area contributed by atoms with Crippen LogP contribution in [0.2, 0.25) is 0 Å². The van der Waals surface area contributed by atoms with Gasteiger partial charge in [0.2, 0.25) is 11.8 Å². The van der Waals surface area contributed by atoms with Crippen molar-refractivity contribution in [1.29, 1.82) is 0 Å². The van der Waals surface area contributed by atoms with Crippen LogP contribution in [0, 0.1) is 0 Å². The van der Waals surface area contributed by atoms with E-state index in [-0.39, 0.29) is 79.7 Å². The Morgan fingerprint density at radius 1 is 0.775 bits per heavy atom. The van der Waals surface area contributed by atoms with E-state index in [2.05, 4.69) is 26.6 Å². The van der Waals surface area contributed by atoms with Crippen LogP contribution >= 0.6 is 0 Å². The first-order valence-electron chi connectivity index (χ1n) is 22.8. The number of nitrogens with one attached hydrogen (secondary N) is 5. The summed E-state index contributed by atoms with van der Waals surface area (Å²) in [5.74, 6) is -3.60. The maximum absolute atomic E-state index is 14.0. The highest BCUT2D eigenvalue weighted by atomic mass is 16.7. The van der Waals surface area contributed by atoms with Crippen molar-refractivity contribution in [2.75, 3.05) is 44.6 Å². The van der Waals surface area contributed by atoms with Crippen molar-refractivity contribution in [1.82, 2.24) is 26.3 Å². The van der Waals surface area contributed by atoms with Crippen LogP contribution in [0.1, 0.15) is 87.8 Å². The van der Waals surface area contributed by atoms with Gasteiger partial charge in [0.25, 0.3) is 29.5 Å². The van der Waals surface area contributed by atoms with Gasteiger partial charge in [-0.2, -0.15) is 0 Å². The highest BCUT2D eigenvalue weighted by molar-refractivity contribution is 6.15. The van der Waals surface area contributed by atoms with Gasteiger partial charge in [0.15, 0.2) is 23.0 Å². The summed E-state index contributed by atoms with van der Waals surface area (Å²) in [6, 6.07) is 16.6. The second kappa shape index (κ2) is 22.3. The Balaban J connectivity index is 1.07. The summed E-state index contributed by atoms with van der Waals surface area (Å²) < 4.78 is 23.9. The third-order valence-corrected chi connectivity index (χ3v) is 11.7. The van der Waals surface area contributed by atoms with Gasteiger partial charge in [-0.25, -0.2) is 4.79 Å². The molecular formula is C50H54N8O13. The summed E-state index contributed by atoms with van der Waals surface area (Å²) >= 11 is 0. The van der Waals surface area contributed by atoms with Crippen molar-refractivity contribution >= 4 is 70.6 Å². The number of benzene rings is 4. The molecule has 0 bridgehead atoms. The molecule has 0 unspecified atom stereocenters. The molecule has 1 fully saturated rings. The number of methoxy groups -OCH3 is 2.